The van der Waals surface area contributed by atoms with Crippen molar-refractivity contribution in [3.05, 3.63) is 29.3 Å². The number of aryl methyl sites for hydroxylation is 2. The van der Waals surface area contributed by atoms with Gasteiger partial charge in [0.25, 0.3) is 0 Å². The summed E-state index contributed by atoms with van der Waals surface area (Å²) in [6, 6.07) is 6.07. The molecule has 124 valence electrons. The first kappa shape index (κ1) is 16.0. The molecule has 3 rings (SSSR count). The van der Waals surface area contributed by atoms with E-state index in [0.717, 1.165) is 29.7 Å². The highest BCUT2D eigenvalue weighted by molar-refractivity contribution is 5.96. The standard InChI is InChI=1S/C18H25N3O2/c1-11-7-8-12(2)15(9-11)20-17(22)10-16-18(23)21-14-6-4-3-5-13(14)19-16/h7-9,13-14,16,19H,3-6,10H2,1-2H3,(H,20,22)(H,21,23)/t13-,14+,16-/m0/s1. The molecular formula is C18H25N3O2. The summed E-state index contributed by atoms with van der Waals surface area (Å²) in [5.74, 6) is -0.176. The third-order valence-electron chi connectivity index (χ3n) is 4.88. The van der Waals surface area contributed by atoms with Crippen LogP contribution < -0.4 is 16.0 Å². The van der Waals surface area contributed by atoms with Crippen LogP contribution in [0.25, 0.3) is 0 Å². The molecule has 0 bridgehead atoms. The lowest BCUT2D eigenvalue weighted by Crippen LogP contribution is -2.65. The van der Waals surface area contributed by atoms with Gasteiger partial charge in [-0.05, 0) is 43.9 Å². The van der Waals surface area contributed by atoms with Crippen molar-refractivity contribution in [3.63, 3.8) is 0 Å². The summed E-state index contributed by atoms with van der Waals surface area (Å²) in [6.07, 6.45) is 4.62. The minimum atomic E-state index is -0.431. The Morgan fingerprint density at radius 1 is 1.22 bits per heavy atom. The predicted molar refractivity (Wildman–Crippen MR) is 90.3 cm³/mol. The molecule has 1 aliphatic heterocycles. The third kappa shape index (κ3) is 3.72. The fraction of sp³-hybridized carbons (Fsp3) is 0.556. The van der Waals surface area contributed by atoms with Gasteiger partial charge >= 0.3 is 0 Å². The van der Waals surface area contributed by atoms with Gasteiger partial charge in [0, 0.05) is 17.8 Å². The lowest BCUT2D eigenvalue weighted by molar-refractivity contribution is -0.129. The van der Waals surface area contributed by atoms with E-state index in [0.29, 0.717) is 6.04 Å². The lowest BCUT2D eigenvalue weighted by atomic mass is 9.87. The van der Waals surface area contributed by atoms with Crippen molar-refractivity contribution >= 4 is 17.5 Å². The van der Waals surface area contributed by atoms with Crippen LogP contribution in [0.3, 0.4) is 0 Å². The van der Waals surface area contributed by atoms with E-state index in [2.05, 4.69) is 16.0 Å². The maximum atomic E-state index is 12.3. The van der Waals surface area contributed by atoms with Crippen molar-refractivity contribution < 1.29 is 9.59 Å². The zero-order valence-electron chi connectivity index (χ0n) is 13.8. The van der Waals surface area contributed by atoms with Crippen LogP contribution in [0.2, 0.25) is 0 Å². The SMILES string of the molecule is Cc1ccc(C)c(NC(=O)C[C@@H]2N[C@H]3CCCC[C@H]3NC2=O)c1. The zero-order valence-corrected chi connectivity index (χ0v) is 13.8. The molecule has 0 unspecified atom stereocenters. The summed E-state index contributed by atoms with van der Waals surface area (Å²) in [6.45, 7) is 3.96. The van der Waals surface area contributed by atoms with Crippen molar-refractivity contribution in [1.29, 1.82) is 0 Å². The molecule has 2 fully saturated rings. The Morgan fingerprint density at radius 2 is 1.96 bits per heavy atom. The summed E-state index contributed by atoms with van der Waals surface area (Å²) in [4.78, 5) is 24.5. The molecule has 1 saturated heterocycles. The van der Waals surface area contributed by atoms with E-state index in [1.165, 1.54) is 12.8 Å². The van der Waals surface area contributed by atoms with Crippen LogP contribution in [0, 0.1) is 13.8 Å². The Kier molecular flexibility index (Phi) is 4.66. The zero-order chi connectivity index (χ0) is 16.4. The average molecular weight is 315 g/mol. The van der Waals surface area contributed by atoms with Crippen LogP contribution in [-0.4, -0.2) is 29.9 Å². The van der Waals surface area contributed by atoms with Crippen molar-refractivity contribution in [1.82, 2.24) is 10.6 Å². The van der Waals surface area contributed by atoms with Gasteiger partial charge in [-0.1, -0.05) is 25.0 Å². The number of rotatable bonds is 3. The number of benzene rings is 1. The molecule has 2 aliphatic rings. The van der Waals surface area contributed by atoms with Gasteiger partial charge in [-0.25, -0.2) is 0 Å². The Hall–Kier alpha value is -1.88. The molecule has 0 spiro atoms. The fourth-order valence-corrected chi connectivity index (χ4v) is 3.53. The first-order chi connectivity index (χ1) is 11.0. The number of hydrogen-bond donors (Lipinski definition) is 3. The molecule has 23 heavy (non-hydrogen) atoms. The highest BCUT2D eigenvalue weighted by Gasteiger charge is 2.36. The van der Waals surface area contributed by atoms with Gasteiger partial charge < -0.3 is 16.0 Å². The van der Waals surface area contributed by atoms with Crippen molar-refractivity contribution in [2.24, 2.45) is 0 Å². The van der Waals surface area contributed by atoms with Gasteiger partial charge in [-0.3, -0.25) is 9.59 Å². The first-order valence-electron chi connectivity index (χ1n) is 8.46. The number of amides is 2. The molecular weight excluding hydrogens is 290 g/mol. The molecule has 3 N–H and O–H groups in total. The summed E-state index contributed by atoms with van der Waals surface area (Å²) < 4.78 is 0. The van der Waals surface area contributed by atoms with E-state index in [1.54, 1.807) is 0 Å². The molecule has 1 aromatic rings. The Balaban J connectivity index is 1.61. The average Bonchev–Trinajstić information content (AvgIpc) is 2.51. The van der Waals surface area contributed by atoms with Gasteiger partial charge in [0.2, 0.25) is 11.8 Å². The summed E-state index contributed by atoms with van der Waals surface area (Å²) in [5.41, 5.74) is 2.95. The van der Waals surface area contributed by atoms with Crippen LogP contribution in [0.1, 0.15) is 43.2 Å². The van der Waals surface area contributed by atoms with E-state index in [9.17, 15) is 9.59 Å². The number of fused-ring (bicyclic) bond motifs is 1. The lowest BCUT2D eigenvalue weighted by Gasteiger charge is -2.40. The van der Waals surface area contributed by atoms with E-state index >= 15 is 0 Å². The minimum absolute atomic E-state index is 0.0516. The number of hydrogen-bond acceptors (Lipinski definition) is 3. The van der Waals surface area contributed by atoms with Gasteiger partial charge in [0.15, 0.2) is 0 Å². The first-order valence-corrected chi connectivity index (χ1v) is 8.46. The Labute approximate surface area is 137 Å². The molecule has 0 radical (unpaired) electrons. The number of anilines is 1. The number of nitrogens with one attached hydrogen (secondary N) is 3. The molecule has 5 heteroatoms. The summed E-state index contributed by atoms with van der Waals surface area (Å²) in [5, 5.41) is 9.38. The molecule has 3 atom stereocenters. The van der Waals surface area contributed by atoms with Gasteiger partial charge in [-0.15, -0.1) is 0 Å². The molecule has 0 aromatic heterocycles. The smallest absolute Gasteiger partial charge is 0.237 e. The maximum Gasteiger partial charge on any atom is 0.237 e. The van der Waals surface area contributed by atoms with Gasteiger partial charge in [0.05, 0.1) is 12.5 Å². The van der Waals surface area contributed by atoms with Crippen molar-refractivity contribution in [2.75, 3.05) is 5.32 Å². The Bertz CT molecular complexity index is 614. The molecule has 1 aromatic carbocycles. The van der Waals surface area contributed by atoms with E-state index < -0.39 is 6.04 Å². The monoisotopic (exact) mass is 315 g/mol. The van der Waals surface area contributed by atoms with Crippen LogP contribution in [0.15, 0.2) is 18.2 Å². The molecule has 5 nitrogen and oxygen atoms in total. The van der Waals surface area contributed by atoms with E-state index in [-0.39, 0.29) is 24.3 Å². The van der Waals surface area contributed by atoms with E-state index in [4.69, 9.17) is 0 Å². The second-order valence-corrected chi connectivity index (χ2v) is 6.80. The predicted octanol–water partition coefficient (Wildman–Crippen LogP) is 2.03. The second kappa shape index (κ2) is 6.71. The fourth-order valence-electron chi connectivity index (χ4n) is 3.53. The van der Waals surface area contributed by atoms with Crippen molar-refractivity contribution in [2.45, 2.75) is 64.1 Å². The van der Waals surface area contributed by atoms with Crippen molar-refractivity contribution in [3.8, 4) is 0 Å². The second-order valence-electron chi connectivity index (χ2n) is 6.80. The highest BCUT2D eigenvalue weighted by atomic mass is 16.2. The molecule has 1 aliphatic carbocycles. The van der Waals surface area contributed by atoms with Gasteiger partial charge in [-0.2, -0.15) is 0 Å². The van der Waals surface area contributed by atoms with Crippen LogP contribution in [0.4, 0.5) is 5.69 Å². The van der Waals surface area contributed by atoms with Crippen LogP contribution in [0.5, 0.6) is 0 Å². The topological polar surface area (TPSA) is 70.2 Å². The molecule has 1 saturated carbocycles. The molecule has 1 heterocycles. The third-order valence-corrected chi connectivity index (χ3v) is 4.88. The highest BCUT2D eigenvalue weighted by Crippen LogP contribution is 2.23. The van der Waals surface area contributed by atoms with E-state index in [1.807, 2.05) is 32.0 Å². The largest absolute Gasteiger partial charge is 0.350 e. The number of carbonyl (C=O) groups is 2. The number of piperazine rings is 1. The molecule has 2 amide bonds. The minimum Gasteiger partial charge on any atom is -0.350 e. The van der Waals surface area contributed by atoms with Crippen LogP contribution in [-0.2, 0) is 9.59 Å². The normalized spacial score (nSPS) is 27.0. The Morgan fingerprint density at radius 3 is 2.74 bits per heavy atom. The van der Waals surface area contributed by atoms with Gasteiger partial charge in [0.1, 0.15) is 0 Å². The summed E-state index contributed by atoms with van der Waals surface area (Å²) in [7, 11) is 0. The van der Waals surface area contributed by atoms with Crippen LogP contribution >= 0.6 is 0 Å². The quantitative estimate of drug-likeness (QED) is 0.799. The maximum absolute atomic E-state index is 12.3. The number of carbonyl (C=O) groups excluding carboxylic acids is 2. The summed E-state index contributed by atoms with van der Waals surface area (Å²) >= 11 is 0.